The Labute approximate surface area is 121 Å². The van der Waals surface area contributed by atoms with Crippen molar-refractivity contribution in [1.82, 2.24) is 19.9 Å². The predicted octanol–water partition coefficient (Wildman–Crippen LogP) is 2.08. The molecule has 2 aromatic rings. The molecule has 0 atom stereocenters. The Balaban J connectivity index is 2.12. The summed E-state index contributed by atoms with van der Waals surface area (Å²) in [5.74, 6) is 0.951. The lowest BCUT2D eigenvalue weighted by atomic mass is 10.4. The molecule has 0 aliphatic carbocycles. The van der Waals surface area contributed by atoms with Crippen molar-refractivity contribution in [2.24, 2.45) is 0 Å². The van der Waals surface area contributed by atoms with E-state index in [0.29, 0.717) is 24.5 Å². The number of nitrogens with zero attached hydrogens (tertiary/aromatic N) is 4. The van der Waals surface area contributed by atoms with Gasteiger partial charge in [-0.05, 0) is 20.8 Å². The highest BCUT2D eigenvalue weighted by Gasteiger charge is 2.09. The number of ether oxygens (including phenoxy) is 1. The van der Waals surface area contributed by atoms with Crippen LogP contribution in [0.25, 0.3) is 0 Å². The van der Waals surface area contributed by atoms with Crippen LogP contribution in [0.5, 0.6) is 6.01 Å². The van der Waals surface area contributed by atoms with Gasteiger partial charge in [0.05, 0.1) is 23.9 Å². The van der Waals surface area contributed by atoms with Crippen LogP contribution in [0, 0.1) is 6.92 Å². The zero-order chi connectivity index (χ0) is 14.5. The first-order valence-corrected chi connectivity index (χ1v) is 7.19. The van der Waals surface area contributed by atoms with E-state index in [9.17, 15) is 0 Å². The van der Waals surface area contributed by atoms with Crippen LogP contribution >= 0.6 is 11.3 Å². The van der Waals surface area contributed by atoms with E-state index in [2.05, 4.69) is 30.6 Å². The van der Waals surface area contributed by atoms with Gasteiger partial charge >= 0.3 is 6.01 Å². The minimum Gasteiger partial charge on any atom is -0.461 e. The summed E-state index contributed by atoms with van der Waals surface area (Å²) in [4.78, 5) is 18.0. The molecule has 0 unspecified atom stereocenters. The summed E-state index contributed by atoms with van der Waals surface area (Å²) in [7, 11) is 1.76. The average molecular weight is 294 g/mol. The number of aromatic nitrogens is 4. The van der Waals surface area contributed by atoms with Gasteiger partial charge in [-0.3, -0.25) is 0 Å². The fourth-order valence-electron chi connectivity index (χ4n) is 1.47. The molecule has 0 saturated heterocycles. The fourth-order valence-corrected chi connectivity index (χ4v) is 2.18. The summed E-state index contributed by atoms with van der Waals surface area (Å²) in [5.41, 5.74) is 2.84. The minimum absolute atomic E-state index is 0.0127. The molecule has 0 fully saturated rings. The van der Waals surface area contributed by atoms with E-state index in [4.69, 9.17) is 4.74 Å². The highest BCUT2D eigenvalue weighted by molar-refractivity contribution is 7.09. The number of anilines is 2. The van der Waals surface area contributed by atoms with E-state index in [-0.39, 0.29) is 6.10 Å². The van der Waals surface area contributed by atoms with Crippen molar-refractivity contribution in [1.29, 1.82) is 0 Å². The number of rotatable bonds is 6. The van der Waals surface area contributed by atoms with Crippen molar-refractivity contribution < 1.29 is 4.74 Å². The zero-order valence-electron chi connectivity index (χ0n) is 12.0. The van der Waals surface area contributed by atoms with Crippen LogP contribution in [0.3, 0.4) is 0 Å². The molecule has 0 spiro atoms. The van der Waals surface area contributed by atoms with E-state index in [1.807, 2.05) is 26.3 Å². The van der Waals surface area contributed by atoms with Gasteiger partial charge in [-0.1, -0.05) is 0 Å². The Morgan fingerprint density at radius 3 is 2.60 bits per heavy atom. The first-order valence-electron chi connectivity index (χ1n) is 6.31. The Bertz CT molecular complexity index is 571. The van der Waals surface area contributed by atoms with Crippen LogP contribution in [0.2, 0.25) is 0 Å². The van der Waals surface area contributed by atoms with Crippen LogP contribution in [-0.4, -0.2) is 33.1 Å². The van der Waals surface area contributed by atoms with Gasteiger partial charge in [0.15, 0.2) is 0 Å². The van der Waals surface area contributed by atoms with Crippen LogP contribution in [0.1, 0.15) is 24.4 Å². The quantitative estimate of drug-likeness (QED) is 0.843. The van der Waals surface area contributed by atoms with Gasteiger partial charge in [-0.2, -0.15) is 15.0 Å². The smallest absolute Gasteiger partial charge is 0.323 e. The van der Waals surface area contributed by atoms with Crippen molar-refractivity contribution in [3.8, 4) is 6.01 Å². The average Bonchev–Trinajstić information content (AvgIpc) is 2.81. The molecule has 0 bridgehead atoms. The van der Waals surface area contributed by atoms with Crippen molar-refractivity contribution in [3.63, 3.8) is 0 Å². The molecule has 2 rings (SSSR count). The molecule has 0 amide bonds. The van der Waals surface area contributed by atoms with E-state index in [0.717, 1.165) is 10.6 Å². The van der Waals surface area contributed by atoms with Gasteiger partial charge in [0.2, 0.25) is 11.9 Å². The summed E-state index contributed by atoms with van der Waals surface area (Å²) < 4.78 is 5.51. The van der Waals surface area contributed by atoms with Crippen LogP contribution in [0.4, 0.5) is 11.9 Å². The minimum atomic E-state index is 0.0127. The molecule has 7 nitrogen and oxygen atoms in total. The Morgan fingerprint density at radius 1 is 1.25 bits per heavy atom. The highest BCUT2D eigenvalue weighted by atomic mass is 32.1. The largest absolute Gasteiger partial charge is 0.461 e. The maximum atomic E-state index is 5.51. The fraction of sp³-hybridized carbons (Fsp3) is 0.500. The second kappa shape index (κ2) is 6.47. The van der Waals surface area contributed by atoms with Gasteiger partial charge in [0.25, 0.3) is 0 Å². The topological polar surface area (TPSA) is 84.9 Å². The first-order chi connectivity index (χ1) is 9.58. The van der Waals surface area contributed by atoms with Crippen LogP contribution < -0.4 is 15.4 Å². The van der Waals surface area contributed by atoms with E-state index >= 15 is 0 Å². The molecule has 0 aliphatic heterocycles. The number of hydrogen-bond donors (Lipinski definition) is 2. The number of aryl methyl sites for hydroxylation is 1. The van der Waals surface area contributed by atoms with Crippen molar-refractivity contribution in [3.05, 3.63) is 16.1 Å². The van der Waals surface area contributed by atoms with Crippen molar-refractivity contribution in [2.75, 3.05) is 17.7 Å². The first kappa shape index (κ1) is 14.4. The third kappa shape index (κ3) is 3.77. The molecule has 0 saturated carbocycles. The maximum absolute atomic E-state index is 5.51. The summed E-state index contributed by atoms with van der Waals surface area (Å²) in [6.07, 6.45) is 0.0127. The van der Waals surface area contributed by atoms with E-state index in [1.54, 1.807) is 18.4 Å². The number of hydrogen-bond acceptors (Lipinski definition) is 8. The summed E-state index contributed by atoms with van der Waals surface area (Å²) in [6.45, 7) is 6.46. The molecule has 0 radical (unpaired) electrons. The summed E-state index contributed by atoms with van der Waals surface area (Å²) in [5, 5.41) is 6.06. The van der Waals surface area contributed by atoms with Crippen molar-refractivity contribution in [2.45, 2.75) is 33.4 Å². The Kier molecular flexibility index (Phi) is 4.67. The van der Waals surface area contributed by atoms with Gasteiger partial charge in [-0.25, -0.2) is 4.98 Å². The van der Waals surface area contributed by atoms with Gasteiger partial charge < -0.3 is 15.4 Å². The molecule has 20 heavy (non-hydrogen) atoms. The lowest BCUT2D eigenvalue weighted by molar-refractivity contribution is 0.222. The van der Waals surface area contributed by atoms with E-state index in [1.165, 1.54) is 0 Å². The third-order valence-corrected chi connectivity index (χ3v) is 3.37. The highest BCUT2D eigenvalue weighted by Crippen LogP contribution is 2.16. The molecule has 2 heterocycles. The molecule has 2 N–H and O–H groups in total. The van der Waals surface area contributed by atoms with Crippen molar-refractivity contribution >= 4 is 23.2 Å². The second-order valence-electron chi connectivity index (χ2n) is 4.40. The van der Waals surface area contributed by atoms with Gasteiger partial charge in [-0.15, -0.1) is 11.3 Å². The van der Waals surface area contributed by atoms with Gasteiger partial charge in [0, 0.05) is 11.9 Å². The standard InChI is InChI=1S/C12H18N6OS/c1-7(2)19-12-17-10(13-4)16-11(18-12)14-5-9-8(3)15-6-20-9/h6-7H,5H2,1-4H3,(H2,13,14,16,17,18). The van der Waals surface area contributed by atoms with Crippen LogP contribution in [0.15, 0.2) is 5.51 Å². The maximum Gasteiger partial charge on any atom is 0.323 e. The Hall–Kier alpha value is -1.96. The lowest BCUT2D eigenvalue weighted by Gasteiger charge is -2.10. The predicted molar refractivity (Wildman–Crippen MR) is 79.3 cm³/mol. The van der Waals surface area contributed by atoms with Gasteiger partial charge in [0.1, 0.15) is 0 Å². The van der Waals surface area contributed by atoms with Crippen LogP contribution in [-0.2, 0) is 6.54 Å². The monoisotopic (exact) mass is 294 g/mol. The van der Waals surface area contributed by atoms with E-state index < -0.39 is 0 Å². The SMILES string of the molecule is CNc1nc(NCc2scnc2C)nc(OC(C)C)n1. The summed E-state index contributed by atoms with van der Waals surface area (Å²) in [6, 6.07) is 0.308. The molecular formula is C12H18N6OS. The normalized spacial score (nSPS) is 10.7. The third-order valence-electron chi connectivity index (χ3n) is 2.43. The molecular weight excluding hydrogens is 276 g/mol. The molecule has 108 valence electrons. The molecule has 2 aromatic heterocycles. The molecule has 0 aliphatic rings. The lowest BCUT2D eigenvalue weighted by Crippen LogP contribution is -2.13. The molecule has 8 heteroatoms. The summed E-state index contributed by atoms with van der Waals surface area (Å²) >= 11 is 1.60. The zero-order valence-corrected chi connectivity index (χ0v) is 12.8. The molecule has 0 aromatic carbocycles. The Morgan fingerprint density at radius 2 is 2.00 bits per heavy atom. The number of nitrogens with one attached hydrogen (secondary N) is 2. The second-order valence-corrected chi connectivity index (χ2v) is 5.34. The number of thiazole rings is 1.